The van der Waals surface area contributed by atoms with Gasteiger partial charge in [0.15, 0.2) is 0 Å². The van der Waals surface area contributed by atoms with Gasteiger partial charge in [-0.15, -0.1) is 12.4 Å². The number of anilines is 1. The Labute approximate surface area is 151 Å². The van der Waals surface area contributed by atoms with Crippen LogP contribution in [0, 0.1) is 5.82 Å². The standard InChI is InChI=1S/C18H18ClFN2O.ClH/c19-15-4-2-5-16(20)14(15)10-18(23)22-17-6-1-3-11-9-12(21)7-8-13(11)17;/h2,4-5,7-9,17H,1,3,6,10,21H2,(H,22,23);1H. The molecule has 1 aliphatic rings. The van der Waals surface area contributed by atoms with Crippen LogP contribution in [0.15, 0.2) is 36.4 Å². The summed E-state index contributed by atoms with van der Waals surface area (Å²) in [6.45, 7) is 0. The molecule has 0 fully saturated rings. The van der Waals surface area contributed by atoms with Crippen LogP contribution in [0.25, 0.3) is 0 Å². The van der Waals surface area contributed by atoms with Crippen LogP contribution in [0.5, 0.6) is 0 Å². The predicted molar refractivity (Wildman–Crippen MR) is 97.0 cm³/mol. The van der Waals surface area contributed by atoms with Gasteiger partial charge >= 0.3 is 0 Å². The Bertz CT molecular complexity index is 732. The van der Waals surface area contributed by atoms with E-state index < -0.39 is 5.82 Å². The molecule has 1 amide bonds. The summed E-state index contributed by atoms with van der Waals surface area (Å²) < 4.78 is 13.8. The number of rotatable bonds is 3. The van der Waals surface area contributed by atoms with E-state index in [1.807, 2.05) is 18.2 Å². The molecule has 1 unspecified atom stereocenters. The Morgan fingerprint density at radius 3 is 2.88 bits per heavy atom. The summed E-state index contributed by atoms with van der Waals surface area (Å²) in [5.74, 6) is -0.684. The average Bonchev–Trinajstić information content (AvgIpc) is 2.51. The van der Waals surface area contributed by atoms with Crippen LogP contribution in [0.2, 0.25) is 5.02 Å². The minimum Gasteiger partial charge on any atom is -0.399 e. The molecule has 0 spiro atoms. The number of nitrogen functional groups attached to an aromatic ring is 1. The highest BCUT2D eigenvalue weighted by Gasteiger charge is 2.22. The van der Waals surface area contributed by atoms with Gasteiger partial charge in [0.1, 0.15) is 5.82 Å². The molecule has 1 aliphatic carbocycles. The van der Waals surface area contributed by atoms with Crippen molar-refractivity contribution in [1.29, 1.82) is 0 Å². The van der Waals surface area contributed by atoms with Crippen molar-refractivity contribution in [3.63, 3.8) is 0 Å². The van der Waals surface area contributed by atoms with Crippen molar-refractivity contribution in [1.82, 2.24) is 5.32 Å². The van der Waals surface area contributed by atoms with Gasteiger partial charge in [-0.25, -0.2) is 4.39 Å². The molecule has 3 N–H and O–H groups in total. The molecule has 3 nitrogen and oxygen atoms in total. The van der Waals surface area contributed by atoms with Crippen LogP contribution < -0.4 is 11.1 Å². The molecule has 0 saturated heterocycles. The molecule has 6 heteroatoms. The summed E-state index contributed by atoms with van der Waals surface area (Å²) >= 11 is 5.98. The number of fused-ring (bicyclic) bond motifs is 1. The van der Waals surface area contributed by atoms with Gasteiger partial charge in [-0.05, 0) is 54.7 Å². The number of amides is 1. The molecule has 128 valence electrons. The lowest BCUT2D eigenvalue weighted by molar-refractivity contribution is -0.121. The number of carbonyl (C=O) groups is 1. The van der Waals surface area contributed by atoms with Gasteiger partial charge in [-0.1, -0.05) is 23.7 Å². The van der Waals surface area contributed by atoms with Crippen molar-refractivity contribution in [3.8, 4) is 0 Å². The van der Waals surface area contributed by atoms with Crippen LogP contribution >= 0.6 is 24.0 Å². The van der Waals surface area contributed by atoms with Crippen LogP contribution in [0.3, 0.4) is 0 Å². The first-order valence-corrected chi connectivity index (χ1v) is 8.03. The first-order valence-electron chi connectivity index (χ1n) is 7.65. The predicted octanol–water partition coefficient (Wildman–Crippen LogP) is 4.22. The third-order valence-electron chi connectivity index (χ3n) is 4.22. The van der Waals surface area contributed by atoms with Crippen molar-refractivity contribution < 1.29 is 9.18 Å². The Morgan fingerprint density at radius 1 is 1.33 bits per heavy atom. The number of aryl methyl sites for hydroxylation is 1. The molecule has 24 heavy (non-hydrogen) atoms. The van der Waals surface area contributed by atoms with E-state index in [1.165, 1.54) is 17.7 Å². The highest BCUT2D eigenvalue weighted by Crippen LogP contribution is 2.31. The molecular weight excluding hydrogens is 350 g/mol. The summed E-state index contributed by atoms with van der Waals surface area (Å²) in [6.07, 6.45) is 2.76. The Morgan fingerprint density at radius 2 is 2.12 bits per heavy atom. The lowest BCUT2D eigenvalue weighted by atomic mass is 9.87. The fourth-order valence-electron chi connectivity index (χ4n) is 3.09. The maximum Gasteiger partial charge on any atom is 0.225 e. The zero-order valence-electron chi connectivity index (χ0n) is 13.0. The summed E-state index contributed by atoms with van der Waals surface area (Å²) in [7, 11) is 0. The van der Waals surface area contributed by atoms with Crippen LogP contribution in [-0.2, 0) is 17.6 Å². The molecule has 0 heterocycles. The van der Waals surface area contributed by atoms with E-state index >= 15 is 0 Å². The fraction of sp³-hybridized carbons (Fsp3) is 0.278. The Balaban J connectivity index is 0.00000208. The maximum atomic E-state index is 13.8. The second kappa shape index (κ2) is 7.86. The largest absolute Gasteiger partial charge is 0.399 e. The second-order valence-electron chi connectivity index (χ2n) is 5.85. The number of halogens is 3. The average molecular weight is 369 g/mol. The lowest BCUT2D eigenvalue weighted by Crippen LogP contribution is -2.32. The first kappa shape index (κ1) is 18.6. The summed E-state index contributed by atoms with van der Waals surface area (Å²) in [5, 5.41) is 3.27. The second-order valence-corrected chi connectivity index (χ2v) is 6.25. The fourth-order valence-corrected chi connectivity index (χ4v) is 3.32. The number of hydrogen-bond acceptors (Lipinski definition) is 2. The summed E-state index contributed by atoms with van der Waals surface area (Å²) in [4.78, 5) is 12.3. The quantitative estimate of drug-likeness (QED) is 0.796. The molecule has 2 aromatic carbocycles. The molecule has 0 aliphatic heterocycles. The Kier molecular flexibility index (Phi) is 6.08. The number of hydrogen-bond donors (Lipinski definition) is 2. The summed E-state index contributed by atoms with van der Waals surface area (Å²) in [6, 6.07) is 10.1. The van der Waals surface area contributed by atoms with Crippen LogP contribution in [-0.4, -0.2) is 5.91 Å². The minimum absolute atomic E-state index is 0. The number of nitrogens with one attached hydrogen (secondary N) is 1. The normalized spacial score (nSPS) is 16.0. The first-order chi connectivity index (χ1) is 11.0. The SMILES string of the molecule is Cl.Nc1ccc2c(c1)CCCC2NC(=O)Cc1c(F)cccc1Cl. The lowest BCUT2D eigenvalue weighted by Gasteiger charge is -2.26. The molecule has 3 rings (SSSR count). The van der Waals surface area contributed by atoms with E-state index in [1.54, 1.807) is 6.07 Å². The van der Waals surface area contributed by atoms with E-state index in [-0.39, 0.29) is 41.4 Å². The smallest absolute Gasteiger partial charge is 0.225 e. The van der Waals surface area contributed by atoms with Gasteiger partial charge in [0.2, 0.25) is 5.91 Å². The number of carbonyl (C=O) groups excluding carboxylic acids is 1. The third kappa shape index (κ3) is 4.00. The molecule has 0 bridgehead atoms. The van der Waals surface area contributed by atoms with E-state index in [0.717, 1.165) is 30.5 Å². The van der Waals surface area contributed by atoms with E-state index in [2.05, 4.69) is 5.32 Å². The van der Waals surface area contributed by atoms with E-state index in [9.17, 15) is 9.18 Å². The minimum atomic E-state index is -0.454. The molecule has 0 radical (unpaired) electrons. The molecule has 0 aromatic heterocycles. The van der Waals surface area contributed by atoms with Gasteiger partial charge in [0.25, 0.3) is 0 Å². The van der Waals surface area contributed by atoms with Crippen molar-refractivity contribution in [3.05, 3.63) is 63.9 Å². The van der Waals surface area contributed by atoms with Gasteiger partial charge in [0.05, 0.1) is 12.5 Å². The van der Waals surface area contributed by atoms with Gasteiger partial charge in [0, 0.05) is 16.3 Å². The van der Waals surface area contributed by atoms with Gasteiger partial charge in [-0.3, -0.25) is 4.79 Å². The number of benzene rings is 2. The van der Waals surface area contributed by atoms with Crippen LogP contribution in [0.4, 0.5) is 10.1 Å². The zero-order valence-corrected chi connectivity index (χ0v) is 14.6. The molecule has 1 atom stereocenters. The maximum absolute atomic E-state index is 13.8. The topological polar surface area (TPSA) is 55.1 Å². The van der Waals surface area contributed by atoms with Crippen molar-refractivity contribution in [2.24, 2.45) is 0 Å². The molecular formula is C18H19Cl2FN2O. The zero-order chi connectivity index (χ0) is 16.4. The van der Waals surface area contributed by atoms with Gasteiger partial charge in [-0.2, -0.15) is 0 Å². The number of nitrogens with two attached hydrogens (primary N) is 1. The van der Waals surface area contributed by atoms with Gasteiger partial charge < -0.3 is 11.1 Å². The molecule has 0 saturated carbocycles. The monoisotopic (exact) mass is 368 g/mol. The summed E-state index contributed by atoms with van der Waals surface area (Å²) in [5.41, 5.74) is 9.05. The third-order valence-corrected chi connectivity index (χ3v) is 4.57. The van der Waals surface area contributed by atoms with E-state index in [4.69, 9.17) is 17.3 Å². The molecule has 2 aromatic rings. The Hall–Kier alpha value is -1.78. The van der Waals surface area contributed by atoms with Crippen molar-refractivity contribution in [2.45, 2.75) is 31.7 Å². The van der Waals surface area contributed by atoms with Crippen LogP contribution in [0.1, 0.15) is 35.6 Å². The van der Waals surface area contributed by atoms with E-state index in [0.29, 0.717) is 0 Å². The highest BCUT2D eigenvalue weighted by atomic mass is 35.5. The van der Waals surface area contributed by atoms with Crippen molar-refractivity contribution in [2.75, 3.05) is 5.73 Å². The highest BCUT2D eigenvalue weighted by molar-refractivity contribution is 6.31. The van der Waals surface area contributed by atoms with Crippen molar-refractivity contribution >= 4 is 35.6 Å².